The number of halogens is 1. The SMILES string of the molecule is CCCCCCCCC(F)N(O)[C@@]1(O)[C@H](O)[C@@H](CO)O[C@@]1(O)n1cc(C(=O)O)c(=O)[nH]c1=O. The second-order valence-corrected chi connectivity index (χ2v) is 7.93. The van der Waals surface area contributed by atoms with Crippen molar-refractivity contribution in [2.75, 3.05) is 6.61 Å². The highest BCUT2D eigenvalue weighted by atomic mass is 19.1. The molecule has 13 nitrogen and oxygen atoms in total. The van der Waals surface area contributed by atoms with E-state index in [1.54, 1.807) is 4.98 Å². The molecule has 7 N–H and O–H groups in total. The van der Waals surface area contributed by atoms with E-state index in [0.717, 1.165) is 25.7 Å². The van der Waals surface area contributed by atoms with Gasteiger partial charge in [-0.2, -0.15) is 0 Å². The Bertz CT molecular complexity index is 939. The number of unbranched alkanes of at least 4 members (excludes halogenated alkanes) is 5. The van der Waals surface area contributed by atoms with E-state index in [1.807, 2.05) is 6.92 Å². The first kappa shape index (κ1) is 27.0. The molecule has 0 aromatic carbocycles. The van der Waals surface area contributed by atoms with Crippen LogP contribution in [0.15, 0.2) is 15.8 Å². The molecular weight excluding hydrogens is 449 g/mol. The number of alkyl halides is 1. The molecule has 1 fully saturated rings. The van der Waals surface area contributed by atoms with Crippen LogP contribution in [0.5, 0.6) is 0 Å². The minimum Gasteiger partial charge on any atom is -0.477 e. The number of carboxylic acid groups (broad SMARTS) is 1. The number of aliphatic hydroxyl groups excluding tert-OH is 2. The molecule has 1 aliphatic rings. The number of ether oxygens (including phenoxy) is 1. The highest BCUT2D eigenvalue weighted by Crippen LogP contribution is 2.44. The molecule has 5 atom stereocenters. The van der Waals surface area contributed by atoms with Gasteiger partial charge in [0.15, 0.2) is 6.30 Å². The maximum Gasteiger partial charge on any atom is 0.342 e. The second kappa shape index (κ2) is 10.8. The molecule has 2 rings (SSSR count). The standard InChI is InChI=1S/C19H30FN3O10/c1-2-3-4-5-6-7-8-13(20)23(32)18(30)14(25)12(10-24)33-19(18,31)22-9-11(16(27)28)15(26)21-17(22)29/h9,12-14,24-25,30-32H,2-8,10H2,1H3,(H,27,28)(H,21,26,29)/t12-,13?,14-,18-,19-/m1/s1. The summed E-state index contributed by atoms with van der Waals surface area (Å²) in [7, 11) is 0. The number of H-pyrrole nitrogens is 1. The van der Waals surface area contributed by atoms with Gasteiger partial charge in [0.2, 0.25) is 5.72 Å². The fourth-order valence-corrected chi connectivity index (χ4v) is 3.75. The number of carbonyl (C=O) groups is 1. The fraction of sp³-hybridized carbons (Fsp3) is 0.737. The van der Waals surface area contributed by atoms with E-state index in [1.165, 1.54) is 0 Å². The third kappa shape index (κ3) is 5.01. The smallest absolute Gasteiger partial charge is 0.342 e. The molecule has 0 radical (unpaired) electrons. The van der Waals surface area contributed by atoms with Crippen molar-refractivity contribution in [3.8, 4) is 0 Å². The lowest BCUT2D eigenvalue weighted by molar-refractivity contribution is -0.428. The number of aromatic carboxylic acids is 1. The van der Waals surface area contributed by atoms with Crippen molar-refractivity contribution >= 4 is 5.97 Å². The topological polar surface area (TPSA) is 206 Å². The summed E-state index contributed by atoms with van der Waals surface area (Å²) in [6, 6.07) is 0. The molecule has 1 aromatic heterocycles. The molecule has 1 unspecified atom stereocenters. The first-order chi connectivity index (χ1) is 15.4. The van der Waals surface area contributed by atoms with Gasteiger partial charge in [-0.15, -0.1) is 5.06 Å². The maximum absolute atomic E-state index is 14.8. The van der Waals surface area contributed by atoms with E-state index >= 15 is 0 Å². The number of hydrogen-bond donors (Lipinski definition) is 7. The van der Waals surface area contributed by atoms with Crippen LogP contribution in [0.1, 0.15) is 62.2 Å². The van der Waals surface area contributed by atoms with E-state index in [0.29, 0.717) is 12.6 Å². The van der Waals surface area contributed by atoms with E-state index in [2.05, 4.69) is 0 Å². The second-order valence-electron chi connectivity index (χ2n) is 7.93. The molecule has 188 valence electrons. The van der Waals surface area contributed by atoms with Gasteiger partial charge in [0.1, 0.15) is 17.8 Å². The summed E-state index contributed by atoms with van der Waals surface area (Å²) in [5.74, 6) is -5.33. The van der Waals surface area contributed by atoms with Crippen LogP contribution in [0.25, 0.3) is 0 Å². The Morgan fingerprint density at radius 1 is 1.27 bits per heavy atom. The molecule has 0 spiro atoms. The van der Waals surface area contributed by atoms with E-state index in [4.69, 9.17) is 9.84 Å². The van der Waals surface area contributed by atoms with Crippen LogP contribution in [-0.2, 0) is 10.6 Å². The lowest BCUT2D eigenvalue weighted by atomic mass is 9.99. The summed E-state index contributed by atoms with van der Waals surface area (Å²) in [6.07, 6.45) is -1.94. The molecule has 0 saturated carbocycles. The number of hydroxylamine groups is 2. The summed E-state index contributed by atoms with van der Waals surface area (Å²) >= 11 is 0. The van der Waals surface area contributed by atoms with E-state index < -0.39 is 64.6 Å². The van der Waals surface area contributed by atoms with Gasteiger partial charge in [-0.1, -0.05) is 39.0 Å². The van der Waals surface area contributed by atoms with Gasteiger partial charge in [-0.25, -0.2) is 18.5 Å². The summed E-state index contributed by atoms with van der Waals surface area (Å²) in [4.78, 5) is 36.9. The number of carboxylic acids is 1. The average Bonchev–Trinajstić information content (AvgIpc) is 2.97. The van der Waals surface area contributed by atoms with E-state index in [9.17, 15) is 44.4 Å². The number of nitrogens with zero attached hydrogens (tertiary/aromatic N) is 2. The normalized spacial score (nSPS) is 28.4. The van der Waals surface area contributed by atoms with Crippen LogP contribution in [0.3, 0.4) is 0 Å². The average molecular weight is 479 g/mol. The minimum absolute atomic E-state index is 0.0164. The van der Waals surface area contributed by atoms with Crippen molar-refractivity contribution in [3.05, 3.63) is 32.6 Å². The molecule has 0 aliphatic carbocycles. The Morgan fingerprint density at radius 3 is 2.45 bits per heavy atom. The van der Waals surface area contributed by atoms with Crippen LogP contribution >= 0.6 is 0 Å². The Kier molecular flexibility index (Phi) is 8.87. The van der Waals surface area contributed by atoms with Gasteiger partial charge in [0.25, 0.3) is 5.56 Å². The molecule has 2 heterocycles. The van der Waals surface area contributed by atoms with Gasteiger partial charge in [-0.3, -0.25) is 9.78 Å². The monoisotopic (exact) mass is 479 g/mol. The zero-order valence-corrected chi connectivity index (χ0v) is 18.1. The number of nitrogens with one attached hydrogen (secondary N) is 1. The predicted octanol–water partition coefficient (Wildman–Crippen LogP) is -0.985. The van der Waals surface area contributed by atoms with Gasteiger partial charge in [0, 0.05) is 6.20 Å². The highest BCUT2D eigenvalue weighted by Gasteiger charge is 2.71. The third-order valence-corrected chi connectivity index (χ3v) is 5.65. The van der Waals surface area contributed by atoms with Gasteiger partial charge in [0.05, 0.1) is 6.61 Å². The zero-order valence-electron chi connectivity index (χ0n) is 18.1. The van der Waals surface area contributed by atoms with Crippen LogP contribution in [-0.4, -0.2) is 82.2 Å². The molecule has 33 heavy (non-hydrogen) atoms. The Balaban J connectivity index is 2.41. The summed E-state index contributed by atoms with van der Waals surface area (Å²) in [6.45, 7) is 0.989. The Morgan fingerprint density at radius 2 is 1.88 bits per heavy atom. The molecule has 14 heteroatoms. The number of aromatic amines is 1. The zero-order chi connectivity index (χ0) is 25.0. The number of aliphatic hydroxyl groups is 4. The largest absolute Gasteiger partial charge is 0.477 e. The third-order valence-electron chi connectivity index (χ3n) is 5.65. The molecule has 1 aromatic rings. The van der Waals surface area contributed by atoms with Crippen LogP contribution < -0.4 is 11.2 Å². The van der Waals surface area contributed by atoms with Crippen LogP contribution in [0.4, 0.5) is 4.39 Å². The first-order valence-electron chi connectivity index (χ1n) is 10.6. The highest BCUT2D eigenvalue weighted by molar-refractivity contribution is 5.86. The van der Waals surface area contributed by atoms with Gasteiger partial charge in [-0.05, 0) is 12.8 Å². The lowest BCUT2D eigenvalue weighted by Crippen LogP contribution is -2.70. The van der Waals surface area contributed by atoms with Crippen molar-refractivity contribution in [3.63, 3.8) is 0 Å². The van der Waals surface area contributed by atoms with Crippen molar-refractivity contribution in [2.24, 2.45) is 0 Å². The van der Waals surface area contributed by atoms with Crippen molar-refractivity contribution in [1.82, 2.24) is 14.6 Å². The number of aromatic nitrogens is 2. The van der Waals surface area contributed by atoms with Crippen molar-refractivity contribution in [2.45, 2.75) is 82.0 Å². The van der Waals surface area contributed by atoms with Crippen LogP contribution in [0.2, 0.25) is 0 Å². The number of hydrogen-bond acceptors (Lipinski definition) is 10. The fourth-order valence-electron chi connectivity index (χ4n) is 3.75. The first-order valence-corrected chi connectivity index (χ1v) is 10.6. The molecular formula is C19H30FN3O10. The summed E-state index contributed by atoms with van der Waals surface area (Å²) in [5, 5.41) is 61.1. The Labute approximate surface area is 187 Å². The van der Waals surface area contributed by atoms with Gasteiger partial charge < -0.3 is 35.5 Å². The predicted molar refractivity (Wildman–Crippen MR) is 108 cm³/mol. The maximum atomic E-state index is 14.8. The molecule has 0 amide bonds. The van der Waals surface area contributed by atoms with Crippen molar-refractivity contribution in [1.29, 1.82) is 0 Å². The van der Waals surface area contributed by atoms with Crippen molar-refractivity contribution < 1.29 is 44.7 Å². The van der Waals surface area contributed by atoms with Crippen LogP contribution in [0, 0.1) is 0 Å². The molecule has 1 aliphatic heterocycles. The van der Waals surface area contributed by atoms with Gasteiger partial charge >= 0.3 is 17.6 Å². The molecule has 0 bridgehead atoms. The Hall–Kier alpha value is -2.20. The minimum atomic E-state index is -3.51. The summed E-state index contributed by atoms with van der Waals surface area (Å²) < 4.78 is 19.8. The lowest BCUT2D eigenvalue weighted by Gasteiger charge is -2.43. The van der Waals surface area contributed by atoms with E-state index in [-0.39, 0.29) is 17.4 Å². The number of rotatable bonds is 12. The summed E-state index contributed by atoms with van der Waals surface area (Å²) in [5.41, 5.74) is -7.40. The molecule has 1 saturated heterocycles. The quantitative estimate of drug-likeness (QED) is 0.0839.